The summed E-state index contributed by atoms with van der Waals surface area (Å²) < 4.78 is 19.3. The Kier molecular flexibility index (Phi) is 2.67. The highest BCUT2D eigenvalue weighted by Crippen LogP contribution is 2.31. The molecule has 0 fully saturated rings. The van der Waals surface area contributed by atoms with Crippen molar-refractivity contribution in [2.45, 2.75) is 0 Å². The summed E-state index contributed by atoms with van der Waals surface area (Å²) >= 11 is 3.28. The van der Waals surface area contributed by atoms with Crippen LogP contribution in [0.3, 0.4) is 0 Å². The number of aromatic amines is 1. The first-order valence-electron chi connectivity index (χ1n) is 5.01. The molecule has 0 atom stereocenters. The number of ether oxygens (including phenoxy) is 1. The Morgan fingerprint density at radius 1 is 1.22 bits per heavy atom. The molecule has 1 N–H and O–H groups in total. The molecular weight excluding hydrogens is 303 g/mol. The second-order valence-corrected chi connectivity index (χ2v) is 4.31. The number of aromatic nitrogens is 4. The van der Waals surface area contributed by atoms with Crippen molar-refractivity contribution in [3.05, 3.63) is 41.1 Å². The molecule has 7 heteroatoms. The van der Waals surface area contributed by atoms with Crippen molar-refractivity contribution in [3.63, 3.8) is 0 Å². The fourth-order valence-electron chi connectivity index (χ4n) is 1.48. The molecule has 0 unspecified atom stereocenters. The monoisotopic (exact) mass is 308 g/mol. The molecule has 3 aromatic rings. The Hall–Kier alpha value is -2.02. The molecule has 90 valence electrons. The van der Waals surface area contributed by atoms with Gasteiger partial charge in [0.25, 0.3) is 0 Å². The maximum atomic E-state index is 13.2. The van der Waals surface area contributed by atoms with E-state index in [2.05, 4.69) is 35.9 Å². The van der Waals surface area contributed by atoms with Crippen molar-refractivity contribution in [2.24, 2.45) is 0 Å². The normalized spacial score (nSPS) is 10.8. The molecule has 1 aromatic carbocycles. The predicted molar refractivity (Wildman–Crippen MR) is 65.9 cm³/mol. The Labute approximate surface area is 109 Å². The van der Waals surface area contributed by atoms with Gasteiger partial charge in [0.2, 0.25) is 5.88 Å². The average Bonchev–Trinajstić information content (AvgIpc) is 2.83. The summed E-state index contributed by atoms with van der Waals surface area (Å²) in [7, 11) is 0. The molecule has 5 nitrogen and oxygen atoms in total. The Bertz CT molecular complexity index is 715. The van der Waals surface area contributed by atoms with E-state index in [-0.39, 0.29) is 5.82 Å². The fourth-order valence-corrected chi connectivity index (χ4v) is 1.81. The molecule has 0 aliphatic heterocycles. The number of benzene rings is 1. The highest BCUT2D eigenvalue weighted by atomic mass is 79.9. The molecule has 0 amide bonds. The van der Waals surface area contributed by atoms with Crippen molar-refractivity contribution < 1.29 is 9.13 Å². The number of nitrogens with one attached hydrogen (secondary N) is 1. The third kappa shape index (κ3) is 1.92. The van der Waals surface area contributed by atoms with Crippen LogP contribution in [0.25, 0.3) is 11.2 Å². The minimum absolute atomic E-state index is 0.295. The van der Waals surface area contributed by atoms with Crippen molar-refractivity contribution in [3.8, 4) is 11.6 Å². The number of fused-ring (bicyclic) bond motifs is 1. The van der Waals surface area contributed by atoms with Crippen molar-refractivity contribution in [1.29, 1.82) is 0 Å². The van der Waals surface area contributed by atoms with Crippen molar-refractivity contribution >= 4 is 27.1 Å². The van der Waals surface area contributed by atoms with Gasteiger partial charge in [0, 0.05) is 6.07 Å². The van der Waals surface area contributed by atoms with E-state index in [1.807, 2.05) is 0 Å². The minimum atomic E-state index is -0.386. The number of hydrogen-bond donors (Lipinski definition) is 1. The fraction of sp³-hybridized carbons (Fsp3) is 0. The van der Waals surface area contributed by atoms with Crippen LogP contribution in [0.15, 0.2) is 35.3 Å². The highest BCUT2D eigenvalue weighted by molar-refractivity contribution is 9.10. The van der Waals surface area contributed by atoms with E-state index < -0.39 is 0 Å². The van der Waals surface area contributed by atoms with Gasteiger partial charge in [-0.25, -0.2) is 14.4 Å². The molecule has 2 heterocycles. The van der Waals surface area contributed by atoms with Gasteiger partial charge >= 0.3 is 0 Å². The lowest BCUT2D eigenvalue weighted by Gasteiger charge is -2.06. The minimum Gasteiger partial charge on any atom is -0.436 e. The van der Waals surface area contributed by atoms with Gasteiger partial charge in [-0.2, -0.15) is 4.98 Å². The van der Waals surface area contributed by atoms with E-state index in [4.69, 9.17) is 4.74 Å². The molecule has 18 heavy (non-hydrogen) atoms. The van der Waals surface area contributed by atoms with E-state index in [0.29, 0.717) is 27.3 Å². The van der Waals surface area contributed by atoms with Gasteiger partial charge in [0.05, 0.1) is 10.8 Å². The lowest BCUT2D eigenvalue weighted by atomic mass is 10.3. The van der Waals surface area contributed by atoms with Gasteiger partial charge in [-0.15, -0.1) is 0 Å². The number of rotatable bonds is 2. The van der Waals surface area contributed by atoms with Crippen LogP contribution in [0.1, 0.15) is 0 Å². The standard InChI is InChI=1S/C11H6BrFN4O/c12-7-2-1-6(13)3-8(7)18-11-9-10(15-4-14-9)16-5-17-11/h1-5H,(H,14,15,16,17). The molecule has 0 bridgehead atoms. The van der Waals surface area contributed by atoms with E-state index in [9.17, 15) is 4.39 Å². The smallest absolute Gasteiger partial charge is 0.248 e. The van der Waals surface area contributed by atoms with Crippen LogP contribution in [0.5, 0.6) is 11.6 Å². The number of hydrogen-bond acceptors (Lipinski definition) is 4. The molecule has 0 saturated carbocycles. The first-order chi connectivity index (χ1) is 8.74. The second-order valence-electron chi connectivity index (χ2n) is 3.46. The van der Waals surface area contributed by atoms with Crippen LogP contribution in [-0.4, -0.2) is 19.9 Å². The number of nitrogens with zero attached hydrogens (tertiary/aromatic N) is 3. The van der Waals surface area contributed by atoms with Crippen LogP contribution in [0, 0.1) is 5.82 Å². The predicted octanol–water partition coefficient (Wildman–Crippen LogP) is 3.05. The zero-order valence-electron chi connectivity index (χ0n) is 8.89. The molecule has 0 radical (unpaired) electrons. The maximum Gasteiger partial charge on any atom is 0.248 e. The van der Waals surface area contributed by atoms with Gasteiger partial charge in [-0.3, -0.25) is 0 Å². The van der Waals surface area contributed by atoms with Crippen LogP contribution in [0.2, 0.25) is 0 Å². The van der Waals surface area contributed by atoms with Crippen LogP contribution >= 0.6 is 15.9 Å². The molecule has 0 aliphatic rings. The van der Waals surface area contributed by atoms with Crippen LogP contribution in [0.4, 0.5) is 4.39 Å². The molecule has 0 saturated heterocycles. The number of halogens is 2. The quantitative estimate of drug-likeness (QED) is 0.790. The van der Waals surface area contributed by atoms with Gasteiger partial charge in [-0.1, -0.05) is 0 Å². The molecule has 3 rings (SSSR count). The summed E-state index contributed by atoms with van der Waals surface area (Å²) in [6.07, 6.45) is 2.83. The van der Waals surface area contributed by atoms with E-state index in [1.54, 1.807) is 6.07 Å². The summed E-state index contributed by atoms with van der Waals surface area (Å²) in [5.41, 5.74) is 1.06. The largest absolute Gasteiger partial charge is 0.436 e. The van der Waals surface area contributed by atoms with E-state index in [1.165, 1.54) is 24.8 Å². The van der Waals surface area contributed by atoms with Crippen molar-refractivity contribution in [2.75, 3.05) is 0 Å². The second kappa shape index (κ2) is 4.34. The molecule has 2 aromatic heterocycles. The maximum absolute atomic E-state index is 13.2. The summed E-state index contributed by atoms with van der Waals surface area (Å²) in [5.74, 6) is 0.247. The summed E-state index contributed by atoms with van der Waals surface area (Å²) in [4.78, 5) is 14.8. The van der Waals surface area contributed by atoms with Crippen LogP contribution in [-0.2, 0) is 0 Å². The Balaban J connectivity index is 2.06. The van der Waals surface area contributed by atoms with Gasteiger partial charge in [-0.05, 0) is 28.1 Å². The van der Waals surface area contributed by atoms with E-state index in [0.717, 1.165) is 0 Å². The SMILES string of the molecule is Fc1ccc(Br)c(Oc2ncnc3nc[nH]c23)c1. The molecule has 0 aliphatic carbocycles. The topological polar surface area (TPSA) is 63.7 Å². The zero-order chi connectivity index (χ0) is 12.5. The zero-order valence-corrected chi connectivity index (χ0v) is 10.5. The molecular formula is C11H6BrFN4O. The molecule has 0 spiro atoms. The Morgan fingerprint density at radius 3 is 3.00 bits per heavy atom. The van der Waals surface area contributed by atoms with Gasteiger partial charge < -0.3 is 9.72 Å². The van der Waals surface area contributed by atoms with E-state index >= 15 is 0 Å². The summed E-state index contributed by atoms with van der Waals surface area (Å²) in [5, 5.41) is 0. The summed E-state index contributed by atoms with van der Waals surface area (Å²) in [6.45, 7) is 0. The number of H-pyrrole nitrogens is 1. The lowest BCUT2D eigenvalue weighted by molar-refractivity contribution is 0.459. The first kappa shape index (κ1) is 11.1. The van der Waals surface area contributed by atoms with Crippen molar-refractivity contribution in [1.82, 2.24) is 19.9 Å². The highest BCUT2D eigenvalue weighted by Gasteiger charge is 2.10. The first-order valence-corrected chi connectivity index (χ1v) is 5.80. The Morgan fingerprint density at radius 2 is 2.11 bits per heavy atom. The third-order valence-electron chi connectivity index (χ3n) is 2.29. The number of imidazole rings is 1. The van der Waals surface area contributed by atoms with Gasteiger partial charge in [0.15, 0.2) is 5.65 Å². The van der Waals surface area contributed by atoms with Gasteiger partial charge in [0.1, 0.15) is 23.4 Å². The average molecular weight is 309 g/mol. The third-order valence-corrected chi connectivity index (χ3v) is 2.94. The summed E-state index contributed by atoms with van der Waals surface area (Å²) in [6, 6.07) is 4.17. The van der Waals surface area contributed by atoms with Crippen LogP contribution < -0.4 is 4.74 Å². The lowest BCUT2D eigenvalue weighted by Crippen LogP contribution is -1.92.